The highest BCUT2D eigenvalue weighted by molar-refractivity contribution is 8.09. The van der Waals surface area contributed by atoms with Crippen molar-refractivity contribution < 1.29 is 32.8 Å². The highest BCUT2D eigenvalue weighted by Crippen LogP contribution is 2.49. The van der Waals surface area contributed by atoms with Gasteiger partial charge in [0.05, 0.1) is 19.0 Å². The molecule has 0 radical (unpaired) electrons. The molecule has 0 bridgehead atoms. The molecule has 0 spiro atoms. The number of benzene rings is 1. The van der Waals surface area contributed by atoms with E-state index in [1.165, 1.54) is 6.92 Å². The van der Waals surface area contributed by atoms with Crippen LogP contribution < -0.4 is 20.9 Å². The largest absolute Gasteiger partial charge is 0.462 e. The number of para-hydroxylation sites is 1. The zero-order valence-corrected chi connectivity index (χ0v) is 23.5. The number of ether oxygens (including phenoxy) is 2. The second-order valence-corrected chi connectivity index (χ2v) is 12.7. The molecule has 6 atom stereocenters. The number of carbonyl (C=O) groups is 1. The Morgan fingerprint density at radius 2 is 2.10 bits per heavy atom. The third-order valence-corrected chi connectivity index (χ3v) is 8.43. The van der Waals surface area contributed by atoms with Crippen LogP contribution in [0.25, 0.3) is 11.2 Å². The number of aliphatic hydroxyl groups is 1. The fraction of sp³-hybridized carbons (Fsp3) is 0.455. The molecule has 4 rings (SSSR count). The number of rotatable bonds is 10. The van der Waals surface area contributed by atoms with Crippen molar-refractivity contribution in [2.45, 2.75) is 56.5 Å². The number of fused-ring (bicyclic) bond motifs is 1. The van der Waals surface area contributed by atoms with Crippen LogP contribution >= 0.6 is 18.2 Å². The number of aliphatic hydroxyl groups excluding tert-OH is 1. The van der Waals surface area contributed by atoms with Gasteiger partial charge in [0.25, 0.3) is 10.7 Å². The molecule has 5 N–H and O–H groups in total. The van der Waals surface area contributed by atoms with Gasteiger partial charge in [-0.05, 0) is 44.7 Å². The first kappa shape index (κ1) is 29.3. The Hall–Kier alpha value is -2.65. The summed E-state index contributed by atoms with van der Waals surface area (Å²) in [5.74, 6) is -0.477. The van der Waals surface area contributed by atoms with Gasteiger partial charge < -0.3 is 29.4 Å². The van der Waals surface area contributed by atoms with E-state index in [9.17, 15) is 14.7 Å². The van der Waals surface area contributed by atoms with E-state index in [4.69, 9.17) is 47.7 Å². The number of nitrogens with two attached hydrogens (primary N) is 1. The molecule has 212 valence electrons. The van der Waals surface area contributed by atoms with Gasteiger partial charge in [-0.2, -0.15) is 4.98 Å². The van der Waals surface area contributed by atoms with Crippen molar-refractivity contribution in [2.24, 2.45) is 0 Å². The molecule has 0 aliphatic carbocycles. The predicted molar refractivity (Wildman–Crippen MR) is 143 cm³/mol. The Kier molecular flexibility index (Phi) is 8.61. The Bertz CT molecular complexity index is 1440. The maximum absolute atomic E-state index is 15.6. The number of carbonyl (C=O) groups excluding carboxylic acids is 1. The van der Waals surface area contributed by atoms with E-state index in [0.717, 1.165) is 10.9 Å². The van der Waals surface area contributed by atoms with E-state index in [2.05, 4.69) is 20.0 Å². The number of H-pyrrole nitrogens is 1. The van der Waals surface area contributed by atoms with Crippen LogP contribution in [0.2, 0.25) is 0 Å². The lowest BCUT2D eigenvalue weighted by molar-refractivity contribution is -0.149. The second kappa shape index (κ2) is 11.5. The number of nitrogens with zero attached hydrogens (tertiary/aromatic N) is 3. The van der Waals surface area contributed by atoms with E-state index < -0.39 is 54.4 Å². The number of nitrogens with one attached hydrogen (secondary N) is 2. The normalized spacial score (nSPS) is 25.5. The summed E-state index contributed by atoms with van der Waals surface area (Å²) in [4.78, 5) is 34.7. The minimum absolute atomic E-state index is 0.102. The van der Waals surface area contributed by atoms with Gasteiger partial charge in [-0.15, -0.1) is 0 Å². The predicted octanol–water partition coefficient (Wildman–Crippen LogP) is 2.11. The Balaban J connectivity index is 1.56. The average Bonchev–Trinajstić information content (AvgIpc) is 3.36. The fourth-order valence-electron chi connectivity index (χ4n) is 3.73. The Morgan fingerprint density at radius 1 is 1.41 bits per heavy atom. The third kappa shape index (κ3) is 6.40. The van der Waals surface area contributed by atoms with Gasteiger partial charge in [0, 0.05) is 0 Å². The lowest BCUT2D eigenvalue weighted by atomic mass is 10.1. The number of imidazole rings is 1. The van der Waals surface area contributed by atoms with Crippen LogP contribution in [0.3, 0.4) is 0 Å². The van der Waals surface area contributed by atoms with Crippen LogP contribution in [0, 0.1) is 0 Å². The summed E-state index contributed by atoms with van der Waals surface area (Å²) in [6, 6.07) is 7.54. The number of hydrogen-bond acceptors (Lipinski definition) is 11. The molecular weight excluding hydrogens is 578 g/mol. The lowest BCUT2D eigenvalue weighted by Gasteiger charge is -2.28. The highest BCUT2D eigenvalue weighted by atomic mass is 35.5. The lowest BCUT2D eigenvalue weighted by Crippen LogP contribution is -2.40. The molecule has 0 unspecified atom stereocenters. The molecule has 39 heavy (non-hydrogen) atoms. The van der Waals surface area contributed by atoms with Gasteiger partial charge >= 0.3 is 12.6 Å². The summed E-state index contributed by atoms with van der Waals surface area (Å²) in [5, 5.41) is 10.7. The molecule has 17 heteroatoms. The van der Waals surface area contributed by atoms with Crippen molar-refractivity contribution in [3.05, 3.63) is 47.0 Å². The second-order valence-electron chi connectivity index (χ2n) is 8.96. The molecule has 1 fully saturated rings. The van der Waals surface area contributed by atoms with Crippen LogP contribution in [0.5, 0.6) is 5.75 Å². The molecule has 1 saturated heterocycles. The van der Waals surface area contributed by atoms with E-state index >= 15 is 4.39 Å². The number of aromatic nitrogens is 4. The molecule has 3 aromatic rings. The number of esters is 1. The summed E-state index contributed by atoms with van der Waals surface area (Å²) < 4.78 is 39.4. The first-order valence-corrected chi connectivity index (χ1v) is 14.7. The summed E-state index contributed by atoms with van der Waals surface area (Å²) >= 11 is 11.7. The SMILES string of the molecule is CC(C)OC(=O)[C@H](C)N[P@](=S)(OC[C@H]1O[C@@H](n2cnc3c(=O)[nH]c(N)nc32)[C@](F)(Cl)[C@@H]1O)Oc1ccccc1. The number of nitrogen functional groups attached to an aromatic ring is 1. The molecule has 13 nitrogen and oxygen atoms in total. The minimum Gasteiger partial charge on any atom is -0.462 e. The molecular formula is C22H27ClFN6O7PS. The quantitative estimate of drug-likeness (QED) is 0.151. The van der Waals surface area contributed by atoms with Crippen LogP contribution in [0.15, 0.2) is 41.5 Å². The van der Waals surface area contributed by atoms with Crippen LogP contribution in [-0.4, -0.2) is 66.7 Å². The topological polar surface area (TPSA) is 176 Å². The summed E-state index contributed by atoms with van der Waals surface area (Å²) in [6.07, 6.45) is -4.20. The van der Waals surface area contributed by atoms with Crippen LogP contribution in [-0.2, 0) is 30.6 Å². The molecule has 1 aromatic carbocycles. The smallest absolute Gasteiger partial charge is 0.323 e. The Labute approximate surface area is 232 Å². The summed E-state index contributed by atoms with van der Waals surface area (Å²) in [5.41, 5.74) is 4.73. The maximum Gasteiger partial charge on any atom is 0.323 e. The standard InChI is InChI=1S/C22H27ClFN6O7PS/c1-11(2)35-19(33)12(3)29-38(39,37-13-7-5-4-6-8-13)34-9-14-16(31)22(23,24)20(36-14)30-10-26-15-17(30)27-21(25)28-18(15)32/h4-8,10-12,14,16,20,31H,9H2,1-3H3,(H,29,39)(H3,25,27,28,32)/t12-,14+,16+,20+,22-,38-/m0/s1. The van der Waals surface area contributed by atoms with Gasteiger partial charge in [0.15, 0.2) is 17.4 Å². The van der Waals surface area contributed by atoms with E-state index in [1.54, 1.807) is 44.2 Å². The number of aromatic amines is 1. The van der Waals surface area contributed by atoms with Crippen molar-refractivity contribution in [2.75, 3.05) is 12.3 Å². The van der Waals surface area contributed by atoms with Crippen LogP contribution in [0.1, 0.15) is 27.0 Å². The first-order chi connectivity index (χ1) is 18.3. The van der Waals surface area contributed by atoms with Crippen molar-refractivity contribution in [3.8, 4) is 5.75 Å². The number of alkyl halides is 2. The van der Waals surface area contributed by atoms with Crippen molar-refractivity contribution >= 4 is 53.1 Å². The van der Waals surface area contributed by atoms with Gasteiger partial charge in [0.2, 0.25) is 5.95 Å². The van der Waals surface area contributed by atoms with Gasteiger partial charge in [0.1, 0.15) is 24.0 Å². The zero-order chi connectivity index (χ0) is 28.5. The molecule has 1 aliphatic rings. The molecule has 0 amide bonds. The van der Waals surface area contributed by atoms with Crippen molar-refractivity contribution in [1.29, 1.82) is 0 Å². The van der Waals surface area contributed by atoms with E-state index in [1.807, 2.05) is 0 Å². The number of anilines is 1. The highest BCUT2D eigenvalue weighted by Gasteiger charge is 2.58. The summed E-state index contributed by atoms with van der Waals surface area (Å²) in [7, 11) is 0. The summed E-state index contributed by atoms with van der Waals surface area (Å²) in [6.45, 7) is 0.925. The Morgan fingerprint density at radius 3 is 2.77 bits per heavy atom. The van der Waals surface area contributed by atoms with Crippen molar-refractivity contribution in [3.63, 3.8) is 0 Å². The van der Waals surface area contributed by atoms with Crippen molar-refractivity contribution in [1.82, 2.24) is 24.6 Å². The van der Waals surface area contributed by atoms with E-state index in [-0.39, 0.29) is 23.2 Å². The van der Waals surface area contributed by atoms with Gasteiger partial charge in [-0.3, -0.25) is 19.1 Å². The zero-order valence-electron chi connectivity index (χ0n) is 21.0. The number of hydrogen-bond donors (Lipinski definition) is 4. The van der Waals surface area contributed by atoms with Crippen LogP contribution in [0.4, 0.5) is 10.3 Å². The minimum atomic E-state index is -3.52. The first-order valence-electron chi connectivity index (χ1n) is 11.7. The maximum atomic E-state index is 15.6. The number of halogens is 2. The van der Waals surface area contributed by atoms with E-state index in [0.29, 0.717) is 5.75 Å². The van der Waals surface area contributed by atoms with Gasteiger partial charge in [-0.25, -0.2) is 14.5 Å². The molecule has 1 aliphatic heterocycles. The van der Waals surface area contributed by atoms with Gasteiger partial charge in [-0.1, -0.05) is 29.8 Å². The molecule has 3 heterocycles. The molecule has 0 saturated carbocycles. The third-order valence-electron chi connectivity index (χ3n) is 5.52. The average molecular weight is 605 g/mol. The fourth-order valence-corrected chi connectivity index (χ4v) is 6.44. The monoisotopic (exact) mass is 604 g/mol. The molecule has 2 aromatic heterocycles.